The minimum absolute atomic E-state index is 0.123. The Morgan fingerprint density at radius 3 is 2.84 bits per heavy atom. The molecule has 2 rings (SSSR count). The fourth-order valence-corrected chi connectivity index (χ4v) is 4.28. The quantitative estimate of drug-likeness (QED) is 0.867. The Bertz CT molecular complexity index is 534. The molecule has 0 aliphatic heterocycles. The molecule has 0 bridgehead atoms. The summed E-state index contributed by atoms with van der Waals surface area (Å²) < 4.78 is 0. The molecule has 0 aliphatic carbocycles. The summed E-state index contributed by atoms with van der Waals surface area (Å²) in [6, 6.07) is 2.05. The normalized spacial score (nSPS) is 12.8. The van der Waals surface area contributed by atoms with E-state index in [9.17, 15) is 4.79 Å². The summed E-state index contributed by atoms with van der Waals surface area (Å²) in [5, 5.41) is 15.9. The molecule has 0 amide bonds. The highest BCUT2D eigenvalue weighted by atomic mass is 32.2. The first kappa shape index (κ1) is 14.6. The van der Waals surface area contributed by atoms with Gasteiger partial charge in [0.1, 0.15) is 10.3 Å². The Labute approximate surface area is 124 Å². The van der Waals surface area contributed by atoms with Crippen LogP contribution in [0.1, 0.15) is 19.5 Å². The smallest absolute Gasteiger partial charge is 0.316 e. The van der Waals surface area contributed by atoms with Crippen LogP contribution in [-0.4, -0.2) is 21.3 Å². The highest BCUT2D eigenvalue weighted by Crippen LogP contribution is 2.29. The Balaban J connectivity index is 1.99. The summed E-state index contributed by atoms with van der Waals surface area (Å²) in [4.78, 5) is 15.7. The van der Waals surface area contributed by atoms with E-state index in [1.807, 2.05) is 24.6 Å². The molecular formula is C13H15NO2S3. The van der Waals surface area contributed by atoms with Crippen molar-refractivity contribution in [3.05, 3.63) is 27.9 Å². The van der Waals surface area contributed by atoms with Crippen LogP contribution in [0.2, 0.25) is 0 Å². The van der Waals surface area contributed by atoms with E-state index in [-0.39, 0.29) is 11.2 Å². The first-order valence-corrected chi connectivity index (χ1v) is 8.76. The predicted molar refractivity (Wildman–Crippen MR) is 83.0 cm³/mol. The molecule has 2 heterocycles. The lowest BCUT2D eigenvalue weighted by Gasteiger charge is -2.14. The summed E-state index contributed by atoms with van der Waals surface area (Å²) in [6.45, 7) is 3.87. The molecular weight excluding hydrogens is 298 g/mol. The van der Waals surface area contributed by atoms with Crippen LogP contribution < -0.4 is 0 Å². The molecule has 0 saturated heterocycles. The van der Waals surface area contributed by atoms with Crippen molar-refractivity contribution in [2.24, 2.45) is 5.92 Å². The Kier molecular flexibility index (Phi) is 5.01. The summed E-state index contributed by atoms with van der Waals surface area (Å²) >= 11 is 4.71. The third kappa shape index (κ3) is 3.81. The highest BCUT2D eigenvalue weighted by molar-refractivity contribution is 7.99. The van der Waals surface area contributed by atoms with Crippen LogP contribution in [-0.2, 0) is 10.5 Å². The number of nitrogens with zero attached hydrogens (tertiary/aromatic N) is 1. The molecule has 2 aromatic heterocycles. The average molecular weight is 313 g/mol. The van der Waals surface area contributed by atoms with E-state index >= 15 is 0 Å². The number of thiophene rings is 1. The zero-order valence-corrected chi connectivity index (χ0v) is 13.1. The molecule has 0 radical (unpaired) electrons. The second kappa shape index (κ2) is 6.54. The fourth-order valence-electron chi connectivity index (χ4n) is 1.62. The van der Waals surface area contributed by atoms with E-state index in [2.05, 4.69) is 16.4 Å². The van der Waals surface area contributed by atoms with Gasteiger partial charge in [0.05, 0.1) is 5.69 Å². The average Bonchev–Trinajstić information content (AvgIpc) is 2.98. The van der Waals surface area contributed by atoms with Gasteiger partial charge in [0.25, 0.3) is 0 Å². The number of rotatable bonds is 6. The first-order valence-electron chi connectivity index (χ1n) is 5.89. The molecule has 19 heavy (non-hydrogen) atoms. The van der Waals surface area contributed by atoms with Crippen molar-refractivity contribution in [3.8, 4) is 10.6 Å². The van der Waals surface area contributed by atoms with Crippen molar-refractivity contribution >= 4 is 40.4 Å². The Morgan fingerprint density at radius 1 is 1.47 bits per heavy atom. The summed E-state index contributed by atoms with van der Waals surface area (Å²) in [7, 11) is 0. The Morgan fingerprint density at radius 2 is 2.26 bits per heavy atom. The molecule has 3 nitrogen and oxygen atoms in total. The van der Waals surface area contributed by atoms with E-state index in [4.69, 9.17) is 5.11 Å². The second-order valence-electron chi connectivity index (χ2n) is 4.47. The second-order valence-corrected chi connectivity index (χ2v) is 7.24. The molecule has 0 aliphatic rings. The molecule has 0 saturated carbocycles. The van der Waals surface area contributed by atoms with Gasteiger partial charge in [-0.1, -0.05) is 13.8 Å². The summed E-state index contributed by atoms with van der Waals surface area (Å²) in [6.07, 6.45) is 0. The lowest BCUT2D eigenvalue weighted by molar-refractivity contribution is -0.137. The molecule has 6 heteroatoms. The van der Waals surface area contributed by atoms with E-state index < -0.39 is 5.97 Å². The summed E-state index contributed by atoms with van der Waals surface area (Å²) in [5.41, 5.74) is 2.10. The number of carbonyl (C=O) groups is 1. The van der Waals surface area contributed by atoms with E-state index in [1.54, 1.807) is 22.7 Å². The number of aliphatic carboxylic acids is 1. The van der Waals surface area contributed by atoms with Gasteiger partial charge in [0.2, 0.25) is 0 Å². The molecule has 0 fully saturated rings. The van der Waals surface area contributed by atoms with Gasteiger partial charge in [0.15, 0.2) is 0 Å². The van der Waals surface area contributed by atoms with Gasteiger partial charge in [-0.25, -0.2) is 4.98 Å². The maximum Gasteiger partial charge on any atom is 0.316 e. The van der Waals surface area contributed by atoms with Crippen LogP contribution in [0.5, 0.6) is 0 Å². The first-order chi connectivity index (χ1) is 9.08. The van der Waals surface area contributed by atoms with Gasteiger partial charge < -0.3 is 5.11 Å². The topological polar surface area (TPSA) is 50.2 Å². The monoisotopic (exact) mass is 313 g/mol. The molecule has 2 aromatic rings. The minimum Gasteiger partial charge on any atom is -0.480 e. The molecule has 1 unspecified atom stereocenters. The van der Waals surface area contributed by atoms with Crippen molar-refractivity contribution in [3.63, 3.8) is 0 Å². The number of hydrogen-bond donors (Lipinski definition) is 1. The van der Waals surface area contributed by atoms with Crippen LogP contribution in [0, 0.1) is 5.92 Å². The SMILES string of the molecule is CC(C)C(SCc1csc(-c2ccsc2)n1)C(=O)O. The van der Waals surface area contributed by atoms with Crippen molar-refractivity contribution in [2.75, 3.05) is 0 Å². The van der Waals surface area contributed by atoms with Crippen molar-refractivity contribution < 1.29 is 9.90 Å². The van der Waals surface area contributed by atoms with Crippen molar-refractivity contribution in [2.45, 2.75) is 24.9 Å². The fraction of sp³-hybridized carbons (Fsp3) is 0.385. The van der Waals surface area contributed by atoms with Gasteiger partial charge in [-0.05, 0) is 17.4 Å². The van der Waals surface area contributed by atoms with Gasteiger partial charge in [-0.15, -0.1) is 23.1 Å². The molecule has 102 valence electrons. The minimum atomic E-state index is -0.742. The van der Waals surface area contributed by atoms with Crippen LogP contribution >= 0.6 is 34.4 Å². The molecule has 0 spiro atoms. The van der Waals surface area contributed by atoms with Crippen molar-refractivity contribution in [1.29, 1.82) is 0 Å². The number of carboxylic acid groups (broad SMARTS) is 1. The standard InChI is InChI=1S/C13H15NO2S3/c1-8(2)11(13(15)16)18-6-10-7-19-12(14-10)9-3-4-17-5-9/h3-5,7-8,11H,6H2,1-2H3,(H,15,16). The Hall–Kier alpha value is -0.850. The van der Waals surface area contributed by atoms with Gasteiger partial charge in [-0.2, -0.15) is 11.3 Å². The van der Waals surface area contributed by atoms with Gasteiger partial charge >= 0.3 is 5.97 Å². The molecule has 1 N–H and O–H groups in total. The maximum absolute atomic E-state index is 11.1. The van der Waals surface area contributed by atoms with E-state index in [0.29, 0.717) is 5.75 Å². The predicted octanol–water partition coefficient (Wildman–Crippen LogP) is 4.21. The third-order valence-electron chi connectivity index (χ3n) is 2.58. The summed E-state index contributed by atoms with van der Waals surface area (Å²) in [5.74, 6) is 0.0289. The number of thioether (sulfide) groups is 1. The van der Waals surface area contributed by atoms with Crippen LogP contribution in [0.15, 0.2) is 22.2 Å². The zero-order chi connectivity index (χ0) is 13.8. The number of thiazole rings is 1. The number of carboxylic acids is 1. The van der Waals surface area contributed by atoms with Gasteiger partial charge in [0, 0.05) is 22.1 Å². The lowest BCUT2D eigenvalue weighted by atomic mass is 10.1. The van der Waals surface area contributed by atoms with Gasteiger partial charge in [-0.3, -0.25) is 4.79 Å². The largest absolute Gasteiger partial charge is 0.480 e. The highest BCUT2D eigenvalue weighted by Gasteiger charge is 2.22. The van der Waals surface area contributed by atoms with Crippen LogP contribution in [0.3, 0.4) is 0 Å². The zero-order valence-electron chi connectivity index (χ0n) is 10.7. The third-order valence-corrected chi connectivity index (χ3v) is 5.77. The maximum atomic E-state index is 11.1. The van der Waals surface area contributed by atoms with Crippen molar-refractivity contribution in [1.82, 2.24) is 4.98 Å². The van der Waals surface area contributed by atoms with E-state index in [1.165, 1.54) is 11.8 Å². The lowest BCUT2D eigenvalue weighted by Crippen LogP contribution is -2.22. The van der Waals surface area contributed by atoms with Crippen LogP contribution in [0.25, 0.3) is 10.6 Å². The van der Waals surface area contributed by atoms with Crippen LogP contribution in [0.4, 0.5) is 0 Å². The molecule has 0 aromatic carbocycles. The number of hydrogen-bond acceptors (Lipinski definition) is 5. The number of aromatic nitrogens is 1. The molecule has 1 atom stereocenters. The van der Waals surface area contributed by atoms with E-state index in [0.717, 1.165) is 16.3 Å².